The number of fused-ring (bicyclic) bond motifs is 1. The van der Waals surface area contributed by atoms with Gasteiger partial charge >= 0.3 is 0 Å². The van der Waals surface area contributed by atoms with Crippen LogP contribution in [0.1, 0.15) is 36.1 Å². The summed E-state index contributed by atoms with van der Waals surface area (Å²) in [6.07, 6.45) is 0. The Labute approximate surface area is 195 Å². The van der Waals surface area contributed by atoms with Crippen LogP contribution in [0.5, 0.6) is 0 Å². The minimum absolute atomic E-state index is 0.0606. The van der Waals surface area contributed by atoms with Crippen molar-refractivity contribution in [3.8, 4) is 5.69 Å². The van der Waals surface area contributed by atoms with Crippen LogP contribution in [0.4, 0.5) is 10.1 Å². The van der Waals surface area contributed by atoms with Gasteiger partial charge in [0.25, 0.3) is 5.91 Å². The van der Waals surface area contributed by atoms with Gasteiger partial charge < -0.3 is 5.32 Å². The zero-order chi connectivity index (χ0) is 23.8. The van der Waals surface area contributed by atoms with Crippen molar-refractivity contribution in [3.05, 3.63) is 77.1 Å². The summed E-state index contributed by atoms with van der Waals surface area (Å²) in [5, 5.41) is 8.29. The maximum atomic E-state index is 14.7. The SMILES string of the molecule is Cc1nn(-c2ccccc2)c2sc(C(=O)N(CC(=O)NC(C)(C)C)c3ccccc3F)cc12. The van der Waals surface area contributed by atoms with Gasteiger partial charge in [-0.25, -0.2) is 9.07 Å². The third kappa shape index (κ3) is 4.80. The molecule has 0 aliphatic rings. The van der Waals surface area contributed by atoms with Gasteiger partial charge in [-0.05, 0) is 58.0 Å². The molecule has 2 aromatic heterocycles. The minimum atomic E-state index is -0.567. The Balaban J connectivity index is 1.74. The van der Waals surface area contributed by atoms with Crippen LogP contribution in [-0.2, 0) is 4.79 Å². The molecular weight excluding hydrogens is 439 g/mol. The Morgan fingerprint density at radius 3 is 2.42 bits per heavy atom. The fraction of sp³-hybridized carbons (Fsp3) is 0.240. The Bertz CT molecular complexity index is 1320. The molecule has 6 nitrogen and oxygen atoms in total. The number of aromatic nitrogens is 2. The monoisotopic (exact) mass is 464 g/mol. The summed E-state index contributed by atoms with van der Waals surface area (Å²) in [5.74, 6) is -1.38. The number of benzene rings is 2. The number of hydrogen-bond acceptors (Lipinski definition) is 4. The van der Waals surface area contributed by atoms with Gasteiger partial charge in [-0.15, -0.1) is 11.3 Å². The summed E-state index contributed by atoms with van der Waals surface area (Å²) in [5.41, 5.74) is 1.25. The maximum Gasteiger partial charge on any atom is 0.269 e. The van der Waals surface area contributed by atoms with E-state index in [0.29, 0.717) is 4.88 Å². The first-order chi connectivity index (χ1) is 15.6. The van der Waals surface area contributed by atoms with Gasteiger partial charge in [0, 0.05) is 10.9 Å². The Hall–Kier alpha value is -3.52. The Morgan fingerprint density at radius 1 is 1.09 bits per heavy atom. The van der Waals surface area contributed by atoms with Crippen molar-refractivity contribution in [3.63, 3.8) is 0 Å². The molecule has 2 heterocycles. The van der Waals surface area contributed by atoms with Gasteiger partial charge in [-0.3, -0.25) is 14.5 Å². The molecule has 0 atom stereocenters. The zero-order valence-electron chi connectivity index (χ0n) is 18.9. The number of para-hydroxylation sites is 2. The van der Waals surface area contributed by atoms with E-state index in [1.165, 1.54) is 28.4 Å². The number of aryl methyl sites for hydroxylation is 1. The van der Waals surface area contributed by atoms with Crippen LogP contribution in [0.25, 0.3) is 15.9 Å². The van der Waals surface area contributed by atoms with Crippen molar-refractivity contribution >= 4 is 39.1 Å². The van der Waals surface area contributed by atoms with Crippen LogP contribution in [0.15, 0.2) is 60.7 Å². The second kappa shape index (κ2) is 8.78. The summed E-state index contributed by atoms with van der Waals surface area (Å²) in [6.45, 7) is 7.14. The van der Waals surface area contributed by atoms with Crippen molar-refractivity contribution < 1.29 is 14.0 Å². The Morgan fingerprint density at radius 2 is 1.76 bits per heavy atom. The summed E-state index contributed by atoms with van der Waals surface area (Å²) in [7, 11) is 0. The fourth-order valence-corrected chi connectivity index (χ4v) is 4.70. The van der Waals surface area contributed by atoms with Crippen molar-refractivity contribution in [2.75, 3.05) is 11.4 Å². The predicted molar refractivity (Wildman–Crippen MR) is 130 cm³/mol. The van der Waals surface area contributed by atoms with Crippen LogP contribution in [0, 0.1) is 12.7 Å². The number of amides is 2. The number of rotatable bonds is 5. The van der Waals surface area contributed by atoms with Gasteiger partial charge in [0.2, 0.25) is 5.91 Å². The molecule has 2 aromatic carbocycles. The normalized spacial score (nSPS) is 11.5. The largest absolute Gasteiger partial charge is 0.350 e. The molecule has 0 saturated heterocycles. The molecule has 0 radical (unpaired) electrons. The summed E-state index contributed by atoms with van der Waals surface area (Å²) in [6, 6.07) is 17.4. The second-order valence-corrected chi connectivity index (χ2v) is 9.83. The first-order valence-corrected chi connectivity index (χ1v) is 11.4. The molecule has 0 aliphatic heterocycles. The molecule has 33 heavy (non-hydrogen) atoms. The van der Waals surface area contributed by atoms with Crippen LogP contribution < -0.4 is 10.2 Å². The number of carbonyl (C=O) groups excluding carboxylic acids is 2. The molecule has 4 rings (SSSR count). The molecule has 0 bridgehead atoms. The first-order valence-electron chi connectivity index (χ1n) is 10.6. The molecule has 4 aromatic rings. The maximum absolute atomic E-state index is 14.7. The van der Waals surface area contributed by atoms with Gasteiger partial charge in [-0.2, -0.15) is 5.10 Å². The highest BCUT2D eigenvalue weighted by molar-refractivity contribution is 7.20. The van der Waals surface area contributed by atoms with Crippen molar-refractivity contribution in [2.24, 2.45) is 0 Å². The molecule has 1 N–H and O–H groups in total. The number of carbonyl (C=O) groups is 2. The van der Waals surface area contributed by atoms with E-state index in [1.54, 1.807) is 22.9 Å². The van der Waals surface area contributed by atoms with E-state index < -0.39 is 17.3 Å². The van der Waals surface area contributed by atoms with E-state index >= 15 is 0 Å². The number of nitrogens with one attached hydrogen (secondary N) is 1. The van der Waals surface area contributed by atoms with Crippen molar-refractivity contribution in [2.45, 2.75) is 33.2 Å². The van der Waals surface area contributed by atoms with Crippen LogP contribution in [0.2, 0.25) is 0 Å². The van der Waals surface area contributed by atoms with E-state index in [-0.39, 0.29) is 18.1 Å². The van der Waals surface area contributed by atoms with Gasteiger partial charge in [0.15, 0.2) is 0 Å². The topological polar surface area (TPSA) is 67.2 Å². The van der Waals surface area contributed by atoms with Crippen LogP contribution in [0.3, 0.4) is 0 Å². The Kier molecular flexibility index (Phi) is 6.03. The van der Waals surface area contributed by atoms with Crippen LogP contribution in [-0.4, -0.2) is 33.7 Å². The lowest BCUT2D eigenvalue weighted by Crippen LogP contribution is -2.47. The number of hydrogen-bond donors (Lipinski definition) is 1. The third-order valence-electron chi connectivity index (χ3n) is 4.96. The molecule has 170 valence electrons. The third-order valence-corrected chi connectivity index (χ3v) is 6.06. The van der Waals surface area contributed by atoms with Crippen molar-refractivity contribution in [1.29, 1.82) is 0 Å². The lowest BCUT2D eigenvalue weighted by molar-refractivity contribution is -0.121. The molecule has 0 aliphatic carbocycles. The zero-order valence-corrected chi connectivity index (χ0v) is 19.7. The standard InChI is InChI=1S/C25H25FN4O2S/c1-16-18-14-21(33-24(18)30(28-16)17-10-6-5-7-11-17)23(32)29(15-22(31)27-25(2,3)4)20-13-9-8-12-19(20)26/h5-14H,15H2,1-4H3,(H,27,31). The fourth-order valence-electron chi connectivity index (χ4n) is 3.57. The second-order valence-electron chi connectivity index (χ2n) is 8.80. The average Bonchev–Trinajstić information content (AvgIpc) is 3.32. The smallest absolute Gasteiger partial charge is 0.269 e. The van der Waals surface area contributed by atoms with Crippen LogP contribution >= 0.6 is 11.3 Å². The van der Waals surface area contributed by atoms with E-state index in [2.05, 4.69) is 10.4 Å². The van der Waals surface area contributed by atoms with E-state index in [9.17, 15) is 14.0 Å². The summed E-state index contributed by atoms with van der Waals surface area (Å²) < 4.78 is 16.5. The van der Waals surface area contributed by atoms with Gasteiger partial charge in [0.1, 0.15) is 17.2 Å². The van der Waals surface area contributed by atoms with Crippen molar-refractivity contribution in [1.82, 2.24) is 15.1 Å². The predicted octanol–water partition coefficient (Wildman–Crippen LogP) is 5.10. The summed E-state index contributed by atoms with van der Waals surface area (Å²) >= 11 is 1.27. The number of anilines is 1. The van der Waals surface area contributed by atoms with Gasteiger partial charge in [0.05, 0.1) is 21.9 Å². The number of thiophene rings is 1. The first kappa shape index (κ1) is 22.7. The quantitative estimate of drug-likeness (QED) is 0.447. The lowest BCUT2D eigenvalue weighted by atomic mass is 10.1. The highest BCUT2D eigenvalue weighted by Crippen LogP contribution is 2.32. The van der Waals surface area contributed by atoms with E-state index in [0.717, 1.165) is 21.6 Å². The molecule has 0 unspecified atom stereocenters. The minimum Gasteiger partial charge on any atom is -0.350 e. The van der Waals surface area contributed by atoms with E-state index in [1.807, 2.05) is 58.0 Å². The molecular formula is C25H25FN4O2S. The molecule has 2 amide bonds. The molecule has 0 saturated carbocycles. The lowest BCUT2D eigenvalue weighted by Gasteiger charge is -2.26. The number of nitrogens with zero attached hydrogens (tertiary/aromatic N) is 3. The number of halogens is 1. The summed E-state index contributed by atoms with van der Waals surface area (Å²) in [4.78, 5) is 28.7. The highest BCUT2D eigenvalue weighted by atomic mass is 32.1. The van der Waals surface area contributed by atoms with Gasteiger partial charge in [-0.1, -0.05) is 30.3 Å². The van der Waals surface area contributed by atoms with E-state index in [4.69, 9.17) is 0 Å². The molecule has 0 fully saturated rings. The highest BCUT2D eigenvalue weighted by Gasteiger charge is 2.27. The molecule has 8 heteroatoms. The molecule has 0 spiro atoms. The average molecular weight is 465 g/mol.